The van der Waals surface area contributed by atoms with Crippen molar-refractivity contribution < 1.29 is 19.1 Å². The zero-order chi connectivity index (χ0) is 23.2. The molecule has 0 spiro atoms. The minimum Gasteiger partial charge on any atom is -0.490 e. The van der Waals surface area contributed by atoms with Crippen molar-refractivity contribution in [3.05, 3.63) is 98.0 Å². The first-order chi connectivity index (χ1) is 16.0. The van der Waals surface area contributed by atoms with Crippen LogP contribution in [0.1, 0.15) is 23.6 Å². The highest BCUT2D eigenvalue weighted by Gasteiger charge is 2.35. The van der Waals surface area contributed by atoms with Crippen LogP contribution in [0.3, 0.4) is 0 Å². The van der Waals surface area contributed by atoms with Gasteiger partial charge in [-0.15, -0.1) is 0 Å². The van der Waals surface area contributed by atoms with E-state index in [1.165, 1.54) is 4.90 Å². The number of carbonyl (C=O) groups excluding carboxylic acids is 2. The summed E-state index contributed by atoms with van der Waals surface area (Å²) >= 11 is 3.16. The van der Waals surface area contributed by atoms with Crippen LogP contribution in [0.2, 0.25) is 0 Å². The third kappa shape index (κ3) is 5.78. The maximum atomic E-state index is 12.9. The molecule has 7 heteroatoms. The van der Waals surface area contributed by atoms with Crippen molar-refractivity contribution in [3.63, 3.8) is 0 Å². The van der Waals surface area contributed by atoms with E-state index in [0.717, 1.165) is 32.0 Å². The molecule has 0 bridgehead atoms. The van der Waals surface area contributed by atoms with Gasteiger partial charge in [0.15, 0.2) is 11.5 Å². The lowest BCUT2D eigenvalue weighted by Gasteiger charge is -2.15. The van der Waals surface area contributed by atoms with Crippen molar-refractivity contribution >= 4 is 51.6 Å². The highest BCUT2D eigenvalue weighted by molar-refractivity contribution is 14.1. The van der Waals surface area contributed by atoms with Crippen LogP contribution in [-0.4, -0.2) is 22.7 Å². The monoisotopic (exact) mass is 571 g/mol. The van der Waals surface area contributed by atoms with Gasteiger partial charge in [-0.2, -0.15) is 0 Å². The van der Waals surface area contributed by atoms with E-state index in [2.05, 4.69) is 22.6 Å². The molecule has 0 atom stereocenters. The Labute approximate surface area is 210 Å². The van der Waals surface area contributed by atoms with Crippen molar-refractivity contribution in [1.29, 1.82) is 0 Å². The topological polar surface area (TPSA) is 55.8 Å². The third-order valence-electron chi connectivity index (χ3n) is 4.91. The molecule has 1 aliphatic rings. The maximum absolute atomic E-state index is 12.9. The lowest BCUT2D eigenvalue weighted by atomic mass is 10.1. The van der Waals surface area contributed by atoms with Gasteiger partial charge in [0.05, 0.1) is 21.6 Å². The summed E-state index contributed by atoms with van der Waals surface area (Å²) in [7, 11) is 0. The first kappa shape index (κ1) is 23.4. The molecular formula is C26H22INO4S. The van der Waals surface area contributed by atoms with E-state index < -0.39 is 0 Å². The van der Waals surface area contributed by atoms with Gasteiger partial charge in [-0.05, 0) is 76.2 Å². The number of nitrogens with zero attached hydrogens (tertiary/aromatic N) is 1. The van der Waals surface area contributed by atoms with Crippen LogP contribution < -0.4 is 9.47 Å². The predicted molar refractivity (Wildman–Crippen MR) is 139 cm³/mol. The first-order valence-corrected chi connectivity index (χ1v) is 12.4. The van der Waals surface area contributed by atoms with E-state index in [4.69, 9.17) is 9.47 Å². The van der Waals surface area contributed by atoms with Crippen LogP contribution in [0.25, 0.3) is 6.08 Å². The molecule has 1 aliphatic heterocycles. The van der Waals surface area contributed by atoms with Gasteiger partial charge >= 0.3 is 0 Å². The van der Waals surface area contributed by atoms with Crippen LogP contribution in [0, 0.1) is 3.57 Å². The summed E-state index contributed by atoms with van der Waals surface area (Å²) in [4.78, 5) is 27.1. The molecule has 2 amide bonds. The van der Waals surface area contributed by atoms with Crippen LogP contribution in [0.15, 0.2) is 77.7 Å². The van der Waals surface area contributed by atoms with Gasteiger partial charge in [-0.1, -0.05) is 60.7 Å². The largest absolute Gasteiger partial charge is 0.490 e. The Morgan fingerprint density at radius 3 is 2.27 bits per heavy atom. The quantitative estimate of drug-likeness (QED) is 0.228. The van der Waals surface area contributed by atoms with Crippen LogP contribution in [-0.2, 0) is 17.9 Å². The highest BCUT2D eigenvalue weighted by Crippen LogP contribution is 2.38. The molecule has 1 fully saturated rings. The second-order valence-electron chi connectivity index (χ2n) is 7.29. The van der Waals surface area contributed by atoms with E-state index in [9.17, 15) is 9.59 Å². The normalized spacial score (nSPS) is 14.7. The van der Waals surface area contributed by atoms with E-state index in [0.29, 0.717) is 29.6 Å². The Morgan fingerprint density at radius 1 is 0.939 bits per heavy atom. The second kappa shape index (κ2) is 10.9. The van der Waals surface area contributed by atoms with Crippen LogP contribution in [0.5, 0.6) is 11.5 Å². The summed E-state index contributed by atoms with van der Waals surface area (Å²) in [5.74, 6) is 0.983. The summed E-state index contributed by atoms with van der Waals surface area (Å²) in [6.07, 6.45) is 1.74. The lowest BCUT2D eigenvalue weighted by molar-refractivity contribution is -0.123. The molecule has 0 aromatic heterocycles. The molecule has 3 aromatic rings. The van der Waals surface area contributed by atoms with Gasteiger partial charge in [0.25, 0.3) is 11.1 Å². The average Bonchev–Trinajstić information content (AvgIpc) is 3.07. The molecule has 0 saturated carbocycles. The molecule has 5 nitrogen and oxygen atoms in total. The summed E-state index contributed by atoms with van der Waals surface area (Å²) < 4.78 is 12.8. The van der Waals surface area contributed by atoms with Crippen LogP contribution >= 0.6 is 34.4 Å². The number of amides is 2. The average molecular weight is 571 g/mol. The summed E-state index contributed by atoms with van der Waals surface area (Å²) in [6, 6.07) is 23.2. The highest BCUT2D eigenvalue weighted by atomic mass is 127. The fraction of sp³-hybridized carbons (Fsp3) is 0.154. The van der Waals surface area contributed by atoms with Gasteiger partial charge in [0.2, 0.25) is 0 Å². The molecule has 0 aliphatic carbocycles. The number of rotatable bonds is 8. The van der Waals surface area contributed by atoms with E-state index in [1.807, 2.05) is 79.7 Å². The molecule has 33 heavy (non-hydrogen) atoms. The molecule has 0 N–H and O–H groups in total. The Morgan fingerprint density at radius 2 is 1.61 bits per heavy atom. The molecule has 1 heterocycles. The Hall–Kier alpha value is -2.78. The molecule has 168 valence electrons. The predicted octanol–water partition coefficient (Wildman–Crippen LogP) is 6.51. The fourth-order valence-corrected chi connectivity index (χ4v) is 4.98. The number of hydrogen-bond donors (Lipinski definition) is 0. The molecule has 4 rings (SSSR count). The summed E-state index contributed by atoms with van der Waals surface area (Å²) in [5, 5.41) is -0.266. The van der Waals surface area contributed by atoms with Crippen molar-refractivity contribution in [2.45, 2.75) is 20.1 Å². The number of carbonyl (C=O) groups is 2. The SMILES string of the molecule is CCOc1cc(/C=C2\SC(=O)N(Cc3ccccc3)C2=O)cc(I)c1OCc1ccccc1. The van der Waals surface area contributed by atoms with Gasteiger partial charge in [0, 0.05) is 0 Å². The van der Waals surface area contributed by atoms with Crippen molar-refractivity contribution in [3.8, 4) is 11.5 Å². The number of ether oxygens (including phenoxy) is 2. The van der Waals surface area contributed by atoms with Crippen molar-refractivity contribution in [2.24, 2.45) is 0 Å². The zero-order valence-electron chi connectivity index (χ0n) is 18.0. The Kier molecular flexibility index (Phi) is 7.72. The number of hydrogen-bond acceptors (Lipinski definition) is 5. The lowest BCUT2D eigenvalue weighted by Crippen LogP contribution is -2.27. The number of imide groups is 1. The second-order valence-corrected chi connectivity index (χ2v) is 9.45. The molecular weight excluding hydrogens is 549 g/mol. The standard InChI is InChI=1S/C26H22INO4S/c1-2-31-22-14-20(13-21(27)24(22)32-17-19-11-7-4-8-12-19)15-23-25(29)28(26(30)33-23)16-18-9-5-3-6-10-18/h3-15H,2,16-17H2,1H3/b23-15-. The molecule has 3 aromatic carbocycles. The summed E-state index contributed by atoms with van der Waals surface area (Å²) in [6.45, 7) is 3.08. The smallest absolute Gasteiger partial charge is 0.293 e. The Bertz CT molecular complexity index is 1180. The maximum Gasteiger partial charge on any atom is 0.293 e. The number of thioether (sulfide) groups is 1. The summed E-state index contributed by atoms with van der Waals surface area (Å²) in [5.41, 5.74) is 2.75. The van der Waals surface area contributed by atoms with Gasteiger partial charge in [-0.25, -0.2) is 0 Å². The van der Waals surface area contributed by atoms with E-state index in [1.54, 1.807) is 6.08 Å². The number of halogens is 1. The van der Waals surface area contributed by atoms with Crippen molar-refractivity contribution in [1.82, 2.24) is 4.90 Å². The van der Waals surface area contributed by atoms with Crippen LogP contribution in [0.4, 0.5) is 4.79 Å². The van der Waals surface area contributed by atoms with E-state index >= 15 is 0 Å². The molecule has 0 unspecified atom stereocenters. The Balaban J connectivity index is 1.56. The third-order valence-corrected chi connectivity index (χ3v) is 6.62. The first-order valence-electron chi connectivity index (χ1n) is 10.5. The number of benzene rings is 3. The van der Waals surface area contributed by atoms with E-state index in [-0.39, 0.29) is 17.7 Å². The zero-order valence-corrected chi connectivity index (χ0v) is 21.0. The molecule has 0 radical (unpaired) electrons. The minimum atomic E-state index is -0.286. The van der Waals surface area contributed by atoms with Gasteiger partial charge in [0.1, 0.15) is 6.61 Å². The minimum absolute atomic E-state index is 0.261. The van der Waals surface area contributed by atoms with Crippen molar-refractivity contribution in [2.75, 3.05) is 6.61 Å². The van der Waals surface area contributed by atoms with Gasteiger partial charge < -0.3 is 9.47 Å². The van der Waals surface area contributed by atoms with Gasteiger partial charge in [-0.3, -0.25) is 14.5 Å². The molecule has 1 saturated heterocycles. The fourth-order valence-electron chi connectivity index (χ4n) is 3.36.